The van der Waals surface area contributed by atoms with Gasteiger partial charge in [0.25, 0.3) is 0 Å². The molecule has 17 heavy (non-hydrogen) atoms. The number of nitrogens with two attached hydrogens (primary N) is 1. The van der Waals surface area contributed by atoms with E-state index in [4.69, 9.17) is 10.5 Å². The van der Waals surface area contributed by atoms with Gasteiger partial charge in [-0.05, 0) is 19.1 Å². The van der Waals surface area contributed by atoms with Gasteiger partial charge in [0, 0.05) is 13.2 Å². The molecule has 0 bridgehead atoms. The minimum Gasteiger partial charge on any atom is -0.464 e. The molecule has 94 valence electrons. The van der Waals surface area contributed by atoms with Crippen LogP contribution < -0.4 is 11.1 Å². The van der Waals surface area contributed by atoms with Gasteiger partial charge in [-0.1, -0.05) is 0 Å². The van der Waals surface area contributed by atoms with Crippen molar-refractivity contribution in [1.29, 1.82) is 0 Å². The molecular formula is C11H17N3O3. The number of nitrogens with one attached hydrogen (secondary N) is 1. The monoisotopic (exact) mass is 239 g/mol. The predicted octanol–water partition coefficient (Wildman–Crippen LogP) is 0.899. The lowest BCUT2D eigenvalue weighted by Gasteiger charge is -2.09. The van der Waals surface area contributed by atoms with Gasteiger partial charge in [0.05, 0.1) is 19.4 Å². The van der Waals surface area contributed by atoms with Crippen LogP contribution in [0.2, 0.25) is 0 Å². The zero-order chi connectivity index (χ0) is 12.7. The van der Waals surface area contributed by atoms with Gasteiger partial charge in [-0.3, -0.25) is 0 Å². The summed E-state index contributed by atoms with van der Waals surface area (Å²) in [6, 6.07) is 3.14. The number of carbonyl (C=O) groups excluding carboxylic acids is 1. The molecule has 0 saturated carbocycles. The Balaban J connectivity index is 2.66. The molecule has 0 aromatic carbocycles. The maximum Gasteiger partial charge on any atom is 0.356 e. The average Bonchev–Trinajstić information content (AvgIpc) is 2.35. The molecule has 0 fully saturated rings. The molecule has 6 nitrogen and oxygen atoms in total. The zero-order valence-electron chi connectivity index (χ0n) is 10.0. The normalized spacial score (nSPS) is 10.0. The number of hydrogen-bond donors (Lipinski definition) is 2. The molecule has 1 heterocycles. The summed E-state index contributed by atoms with van der Waals surface area (Å²) < 4.78 is 9.75. The molecule has 0 saturated heterocycles. The third-order valence-corrected chi connectivity index (χ3v) is 2.06. The summed E-state index contributed by atoms with van der Waals surface area (Å²) in [6.07, 6.45) is 0. The Morgan fingerprint density at radius 2 is 2.29 bits per heavy atom. The van der Waals surface area contributed by atoms with E-state index in [-0.39, 0.29) is 5.69 Å². The minimum absolute atomic E-state index is 0.223. The summed E-state index contributed by atoms with van der Waals surface area (Å²) in [4.78, 5) is 15.3. The van der Waals surface area contributed by atoms with E-state index in [1.807, 2.05) is 6.92 Å². The van der Waals surface area contributed by atoms with Crippen LogP contribution in [0.4, 0.5) is 11.5 Å². The topological polar surface area (TPSA) is 86.5 Å². The number of rotatable bonds is 6. The number of ether oxygens (including phenoxy) is 2. The van der Waals surface area contributed by atoms with Crippen LogP contribution in [0.5, 0.6) is 0 Å². The molecule has 1 aromatic rings. The predicted molar refractivity (Wildman–Crippen MR) is 65.0 cm³/mol. The number of pyridine rings is 1. The van der Waals surface area contributed by atoms with Crippen molar-refractivity contribution in [3.63, 3.8) is 0 Å². The number of esters is 1. The van der Waals surface area contributed by atoms with Crippen molar-refractivity contribution in [3.05, 3.63) is 17.8 Å². The first kappa shape index (κ1) is 13.2. The SMILES string of the molecule is CCOCCNc1nc(C(=O)OC)ccc1N. The lowest BCUT2D eigenvalue weighted by Crippen LogP contribution is -2.14. The second-order valence-corrected chi connectivity index (χ2v) is 3.25. The van der Waals surface area contributed by atoms with Crippen LogP contribution in [-0.4, -0.2) is 37.8 Å². The van der Waals surface area contributed by atoms with Gasteiger partial charge in [-0.25, -0.2) is 9.78 Å². The summed E-state index contributed by atoms with van der Waals surface area (Å²) in [5.41, 5.74) is 6.43. The quantitative estimate of drug-likeness (QED) is 0.566. The highest BCUT2D eigenvalue weighted by atomic mass is 16.5. The highest BCUT2D eigenvalue weighted by Gasteiger charge is 2.09. The molecule has 1 aromatic heterocycles. The third-order valence-electron chi connectivity index (χ3n) is 2.06. The van der Waals surface area contributed by atoms with E-state index in [0.29, 0.717) is 31.3 Å². The van der Waals surface area contributed by atoms with Crippen LogP contribution in [0.25, 0.3) is 0 Å². The number of nitrogen functional groups attached to an aromatic ring is 1. The molecule has 0 unspecified atom stereocenters. The molecule has 0 aliphatic carbocycles. The summed E-state index contributed by atoms with van der Waals surface area (Å²) in [6.45, 7) is 3.72. The first-order valence-corrected chi connectivity index (χ1v) is 5.35. The Bertz CT molecular complexity index is 382. The van der Waals surface area contributed by atoms with E-state index < -0.39 is 5.97 Å². The molecule has 0 atom stereocenters. The van der Waals surface area contributed by atoms with Crippen LogP contribution in [0.3, 0.4) is 0 Å². The average molecular weight is 239 g/mol. The van der Waals surface area contributed by atoms with Crippen molar-refractivity contribution in [1.82, 2.24) is 4.98 Å². The Labute approximate surface area is 100 Å². The molecule has 6 heteroatoms. The fourth-order valence-electron chi connectivity index (χ4n) is 1.22. The first-order valence-electron chi connectivity index (χ1n) is 5.35. The van der Waals surface area contributed by atoms with Crippen LogP contribution in [0.1, 0.15) is 17.4 Å². The molecule has 0 radical (unpaired) electrons. The van der Waals surface area contributed by atoms with Gasteiger partial charge in [-0.15, -0.1) is 0 Å². The minimum atomic E-state index is -0.488. The maximum atomic E-state index is 11.3. The maximum absolute atomic E-state index is 11.3. The molecule has 0 spiro atoms. The Hall–Kier alpha value is -1.82. The van der Waals surface area contributed by atoms with E-state index in [0.717, 1.165) is 0 Å². The van der Waals surface area contributed by atoms with Crippen molar-refractivity contribution in [2.24, 2.45) is 0 Å². The van der Waals surface area contributed by atoms with Crippen molar-refractivity contribution < 1.29 is 14.3 Å². The molecular weight excluding hydrogens is 222 g/mol. The third kappa shape index (κ3) is 3.92. The molecule has 3 N–H and O–H groups in total. The van der Waals surface area contributed by atoms with Crippen molar-refractivity contribution >= 4 is 17.5 Å². The van der Waals surface area contributed by atoms with Crippen LogP contribution in [-0.2, 0) is 9.47 Å². The molecule has 0 aliphatic rings. The molecule has 0 amide bonds. The van der Waals surface area contributed by atoms with Crippen molar-refractivity contribution in [2.75, 3.05) is 37.9 Å². The second kappa shape index (κ2) is 6.70. The Kier molecular flexibility index (Phi) is 5.22. The van der Waals surface area contributed by atoms with E-state index in [9.17, 15) is 4.79 Å². The summed E-state index contributed by atoms with van der Waals surface area (Å²) >= 11 is 0. The van der Waals surface area contributed by atoms with Crippen molar-refractivity contribution in [2.45, 2.75) is 6.92 Å². The number of hydrogen-bond acceptors (Lipinski definition) is 6. The van der Waals surface area contributed by atoms with Gasteiger partial charge in [0.1, 0.15) is 5.82 Å². The van der Waals surface area contributed by atoms with E-state index in [2.05, 4.69) is 15.0 Å². The smallest absolute Gasteiger partial charge is 0.356 e. The number of anilines is 2. The van der Waals surface area contributed by atoms with Crippen LogP contribution in [0.15, 0.2) is 12.1 Å². The van der Waals surface area contributed by atoms with Gasteiger partial charge in [0.15, 0.2) is 5.69 Å². The summed E-state index contributed by atoms with van der Waals surface area (Å²) in [5, 5.41) is 3.00. The van der Waals surface area contributed by atoms with E-state index in [1.54, 1.807) is 6.07 Å². The fourth-order valence-corrected chi connectivity index (χ4v) is 1.22. The van der Waals surface area contributed by atoms with Crippen LogP contribution >= 0.6 is 0 Å². The van der Waals surface area contributed by atoms with E-state index in [1.165, 1.54) is 13.2 Å². The zero-order valence-corrected chi connectivity index (χ0v) is 10.0. The first-order chi connectivity index (χ1) is 8.19. The van der Waals surface area contributed by atoms with Crippen LogP contribution in [0, 0.1) is 0 Å². The standard InChI is InChI=1S/C11H17N3O3/c1-3-17-7-6-13-10-8(12)4-5-9(14-10)11(15)16-2/h4-5H,3,6-7,12H2,1-2H3,(H,13,14). The highest BCUT2D eigenvalue weighted by molar-refractivity contribution is 5.88. The van der Waals surface area contributed by atoms with Crippen molar-refractivity contribution in [3.8, 4) is 0 Å². The van der Waals surface area contributed by atoms with E-state index >= 15 is 0 Å². The number of aromatic nitrogens is 1. The largest absolute Gasteiger partial charge is 0.464 e. The number of carbonyl (C=O) groups is 1. The lowest BCUT2D eigenvalue weighted by atomic mass is 10.3. The number of nitrogens with zero attached hydrogens (tertiary/aromatic N) is 1. The Morgan fingerprint density at radius 3 is 2.94 bits per heavy atom. The van der Waals surface area contributed by atoms with Gasteiger partial charge in [-0.2, -0.15) is 0 Å². The number of methoxy groups -OCH3 is 1. The highest BCUT2D eigenvalue weighted by Crippen LogP contribution is 2.15. The summed E-state index contributed by atoms with van der Waals surface area (Å²) in [5.74, 6) is -0.0227. The van der Waals surface area contributed by atoms with Gasteiger partial charge < -0.3 is 20.5 Å². The lowest BCUT2D eigenvalue weighted by molar-refractivity contribution is 0.0594. The molecule has 1 rings (SSSR count). The van der Waals surface area contributed by atoms with Gasteiger partial charge >= 0.3 is 5.97 Å². The second-order valence-electron chi connectivity index (χ2n) is 3.25. The Morgan fingerprint density at radius 1 is 1.53 bits per heavy atom. The fraction of sp³-hybridized carbons (Fsp3) is 0.455. The summed E-state index contributed by atoms with van der Waals surface area (Å²) in [7, 11) is 1.31. The molecule has 0 aliphatic heterocycles. The van der Waals surface area contributed by atoms with Gasteiger partial charge in [0.2, 0.25) is 0 Å².